The van der Waals surface area contributed by atoms with Crippen LogP contribution < -0.4 is 10.0 Å². The van der Waals surface area contributed by atoms with E-state index in [-0.39, 0.29) is 22.7 Å². The highest BCUT2D eigenvalue weighted by Crippen LogP contribution is 2.18. The van der Waals surface area contributed by atoms with Crippen LogP contribution in [0.5, 0.6) is 0 Å². The van der Waals surface area contributed by atoms with Crippen molar-refractivity contribution < 1.29 is 17.6 Å². The maximum atomic E-state index is 13.1. The molecule has 0 aliphatic carbocycles. The van der Waals surface area contributed by atoms with Gasteiger partial charge in [0.25, 0.3) is 15.9 Å². The van der Waals surface area contributed by atoms with Crippen molar-refractivity contribution in [1.29, 1.82) is 0 Å². The van der Waals surface area contributed by atoms with Gasteiger partial charge in [0.1, 0.15) is 5.82 Å². The first-order valence-electron chi connectivity index (χ1n) is 6.70. The van der Waals surface area contributed by atoms with Gasteiger partial charge in [0.2, 0.25) is 0 Å². The van der Waals surface area contributed by atoms with Crippen molar-refractivity contribution in [2.45, 2.75) is 4.90 Å². The van der Waals surface area contributed by atoms with E-state index in [1.807, 2.05) is 0 Å². The van der Waals surface area contributed by atoms with Crippen LogP contribution in [0.1, 0.15) is 10.4 Å². The second kappa shape index (κ2) is 7.06. The standard InChI is InChI=1S/C16H15FN2O3S/c1-2-9-18-16(20)12-5-3-8-15(10-12)23(21,22)19-14-7-4-6-13(17)11-14/h2-8,10-11,19H,1,9H2,(H,18,20). The zero-order chi connectivity index (χ0) is 16.9. The van der Waals surface area contributed by atoms with Gasteiger partial charge in [0.05, 0.1) is 10.6 Å². The molecule has 0 fully saturated rings. The molecule has 0 aromatic heterocycles. The third-order valence-electron chi connectivity index (χ3n) is 2.89. The molecule has 1 amide bonds. The lowest BCUT2D eigenvalue weighted by Gasteiger charge is -2.09. The second-order valence-electron chi connectivity index (χ2n) is 4.64. The lowest BCUT2D eigenvalue weighted by atomic mass is 10.2. The van der Waals surface area contributed by atoms with Gasteiger partial charge in [-0.05, 0) is 36.4 Å². The van der Waals surface area contributed by atoms with Crippen molar-refractivity contribution in [3.05, 3.63) is 72.6 Å². The van der Waals surface area contributed by atoms with Gasteiger partial charge >= 0.3 is 0 Å². The molecule has 2 rings (SSSR count). The Labute approximate surface area is 133 Å². The van der Waals surface area contributed by atoms with Crippen LogP contribution in [0.2, 0.25) is 0 Å². The monoisotopic (exact) mass is 334 g/mol. The van der Waals surface area contributed by atoms with Crippen LogP contribution in [-0.4, -0.2) is 20.9 Å². The number of nitrogens with one attached hydrogen (secondary N) is 2. The molecule has 0 aliphatic heterocycles. The summed E-state index contributed by atoms with van der Waals surface area (Å²) in [5.41, 5.74) is 0.306. The Morgan fingerprint density at radius 2 is 1.91 bits per heavy atom. The van der Waals surface area contributed by atoms with E-state index in [1.54, 1.807) is 0 Å². The molecule has 23 heavy (non-hydrogen) atoms. The molecular formula is C16H15FN2O3S. The first-order chi connectivity index (χ1) is 10.9. The molecule has 5 nitrogen and oxygen atoms in total. The Bertz CT molecular complexity index is 835. The van der Waals surface area contributed by atoms with Crippen LogP contribution in [-0.2, 0) is 10.0 Å². The second-order valence-corrected chi connectivity index (χ2v) is 6.32. The number of carbonyl (C=O) groups is 1. The highest BCUT2D eigenvalue weighted by Gasteiger charge is 2.16. The lowest BCUT2D eigenvalue weighted by Crippen LogP contribution is -2.23. The van der Waals surface area contributed by atoms with E-state index in [0.29, 0.717) is 0 Å². The fourth-order valence-corrected chi connectivity index (χ4v) is 2.93. The average Bonchev–Trinajstić information content (AvgIpc) is 2.52. The van der Waals surface area contributed by atoms with E-state index in [9.17, 15) is 17.6 Å². The van der Waals surface area contributed by atoms with E-state index >= 15 is 0 Å². The van der Waals surface area contributed by atoms with Crippen molar-refractivity contribution in [3.8, 4) is 0 Å². The Morgan fingerprint density at radius 1 is 1.17 bits per heavy atom. The summed E-state index contributed by atoms with van der Waals surface area (Å²) in [5.74, 6) is -0.963. The van der Waals surface area contributed by atoms with Crippen molar-refractivity contribution in [1.82, 2.24) is 5.32 Å². The topological polar surface area (TPSA) is 75.3 Å². The zero-order valence-electron chi connectivity index (χ0n) is 12.1. The minimum Gasteiger partial charge on any atom is -0.349 e. The van der Waals surface area contributed by atoms with Crippen molar-refractivity contribution >= 4 is 21.6 Å². The van der Waals surface area contributed by atoms with Gasteiger partial charge < -0.3 is 5.32 Å². The SMILES string of the molecule is C=CCNC(=O)c1cccc(S(=O)(=O)Nc2cccc(F)c2)c1. The number of sulfonamides is 1. The smallest absolute Gasteiger partial charge is 0.261 e. The van der Waals surface area contributed by atoms with Gasteiger partial charge in [-0.2, -0.15) is 0 Å². The minimum absolute atomic E-state index is 0.0898. The van der Waals surface area contributed by atoms with E-state index in [2.05, 4.69) is 16.6 Å². The molecule has 2 aromatic rings. The Morgan fingerprint density at radius 3 is 2.61 bits per heavy atom. The maximum absolute atomic E-state index is 13.1. The molecule has 120 valence electrons. The molecule has 0 saturated carbocycles. The van der Waals surface area contributed by atoms with E-state index < -0.39 is 21.7 Å². The number of rotatable bonds is 6. The molecule has 0 radical (unpaired) electrons. The molecule has 0 spiro atoms. The summed E-state index contributed by atoms with van der Waals surface area (Å²) in [6, 6.07) is 10.7. The van der Waals surface area contributed by atoms with Crippen LogP contribution >= 0.6 is 0 Å². The summed E-state index contributed by atoms with van der Waals surface area (Å²) in [4.78, 5) is 11.8. The van der Waals surface area contributed by atoms with Crippen LogP contribution in [0.4, 0.5) is 10.1 Å². The van der Waals surface area contributed by atoms with Crippen LogP contribution in [0, 0.1) is 5.82 Å². The number of hydrogen-bond donors (Lipinski definition) is 2. The zero-order valence-corrected chi connectivity index (χ0v) is 12.9. The van der Waals surface area contributed by atoms with Crippen LogP contribution in [0.15, 0.2) is 66.1 Å². The van der Waals surface area contributed by atoms with Gasteiger partial charge in [-0.25, -0.2) is 12.8 Å². The quantitative estimate of drug-likeness (QED) is 0.797. The first kappa shape index (κ1) is 16.7. The highest BCUT2D eigenvalue weighted by atomic mass is 32.2. The molecule has 0 atom stereocenters. The lowest BCUT2D eigenvalue weighted by molar-refractivity contribution is 0.0958. The molecule has 0 heterocycles. The summed E-state index contributed by atoms with van der Waals surface area (Å²) in [6.07, 6.45) is 1.52. The van der Waals surface area contributed by atoms with Crippen molar-refractivity contribution in [2.24, 2.45) is 0 Å². The Kier molecular flexibility index (Phi) is 5.13. The van der Waals surface area contributed by atoms with Crippen molar-refractivity contribution in [3.63, 3.8) is 0 Å². The Hall–Kier alpha value is -2.67. The third kappa shape index (κ3) is 4.40. The number of anilines is 1. The predicted molar refractivity (Wildman–Crippen MR) is 86.2 cm³/mol. The fourth-order valence-electron chi connectivity index (χ4n) is 1.84. The van der Waals surface area contributed by atoms with E-state index in [1.165, 1.54) is 48.5 Å². The Balaban J connectivity index is 2.26. The first-order valence-corrected chi connectivity index (χ1v) is 8.18. The molecule has 2 aromatic carbocycles. The number of hydrogen-bond acceptors (Lipinski definition) is 3. The number of benzene rings is 2. The summed E-state index contributed by atoms with van der Waals surface area (Å²) in [5, 5.41) is 2.56. The average molecular weight is 334 g/mol. The molecule has 0 saturated heterocycles. The van der Waals surface area contributed by atoms with E-state index in [0.717, 1.165) is 6.07 Å². The normalized spacial score (nSPS) is 10.8. The molecule has 0 bridgehead atoms. The summed E-state index contributed by atoms with van der Waals surface area (Å²) >= 11 is 0. The van der Waals surface area contributed by atoms with Gasteiger partial charge in [-0.3, -0.25) is 9.52 Å². The summed E-state index contributed by atoms with van der Waals surface area (Å²) in [6.45, 7) is 3.76. The highest BCUT2D eigenvalue weighted by molar-refractivity contribution is 7.92. The van der Waals surface area contributed by atoms with E-state index in [4.69, 9.17) is 0 Å². The third-order valence-corrected chi connectivity index (χ3v) is 4.27. The number of carbonyl (C=O) groups excluding carboxylic acids is 1. The molecule has 0 unspecified atom stereocenters. The molecule has 7 heteroatoms. The molecule has 0 aliphatic rings. The molecule has 2 N–H and O–H groups in total. The minimum atomic E-state index is -3.92. The van der Waals surface area contributed by atoms with Gasteiger partial charge in [-0.1, -0.05) is 18.2 Å². The summed E-state index contributed by atoms with van der Waals surface area (Å²) in [7, 11) is -3.92. The number of amides is 1. The summed E-state index contributed by atoms with van der Waals surface area (Å²) < 4.78 is 40.0. The van der Waals surface area contributed by atoms with Crippen LogP contribution in [0.3, 0.4) is 0 Å². The fraction of sp³-hybridized carbons (Fsp3) is 0.0625. The van der Waals surface area contributed by atoms with Crippen LogP contribution in [0.25, 0.3) is 0 Å². The maximum Gasteiger partial charge on any atom is 0.261 e. The van der Waals surface area contributed by atoms with Gasteiger partial charge in [-0.15, -0.1) is 6.58 Å². The van der Waals surface area contributed by atoms with Gasteiger partial charge in [0.15, 0.2) is 0 Å². The van der Waals surface area contributed by atoms with Gasteiger partial charge in [0, 0.05) is 12.1 Å². The largest absolute Gasteiger partial charge is 0.349 e. The van der Waals surface area contributed by atoms with Crippen molar-refractivity contribution in [2.75, 3.05) is 11.3 Å². The predicted octanol–water partition coefficient (Wildman–Crippen LogP) is 2.54. The number of halogens is 1. The molecular weight excluding hydrogens is 319 g/mol.